The van der Waals surface area contributed by atoms with Gasteiger partial charge in [-0.3, -0.25) is 4.90 Å². The number of hydrogen-bond acceptors (Lipinski definition) is 4. The van der Waals surface area contributed by atoms with Gasteiger partial charge in [-0.25, -0.2) is 4.79 Å². The normalized spacial score (nSPS) is 16.4. The Morgan fingerprint density at radius 3 is 2.30 bits per heavy atom. The maximum Gasteiger partial charge on any atom is 0.410 e. The van der Waals surface area contributed by atoms with E-state index >= 15 is 0 Å². The summed E-state index contributed by atoms with van der Waals surface area (Å²) in [6.45, 7) is 5.87. The summed E-state index contributed by atoms with van der Waals surface area (Å²) in [4.78, 5) is 14.4. The third kappa shape index (κ3) is 4.42. The lowest BCUT2D eigenvalue weighted by molar-refractivity contribution is -0.00303. The average Bonchev–Trinajstić information content (AvgIpc) is 3.43. The number of amides is 1. The molecule has 2 aromatic rings. The number of benzene rings is 2. The molecule has 1 amide bonds. The maximum atomic E-state index is 12.8. The Morgan fingerprint density at radius 1 is 1.11 bits per heavy atom. The van der Waals surface area contributed by atoms with Crippen LogP contribution in [0.4, 0.5) is 10.5 Å². The molecule has 144 valence electrons. The summed E-state index contributed by atoms with van der Waals surface area (Å²) >= 11 is 0. The Bertz CT molecular complexity index is 797. The van der Waals surface area contributed by atoms with Gasteiger partial charge in [0.05, 0.1) is 6.54 Å². The Hall–Kier alpha value is -2.53. The van der Waals surface area contributed by atoms with Gasteiger partial charge in [0.1, 0.15) is 11.7 Å². The first-order valence-corrected chi connectivity index (χ1v) is 9.32. The number of nitrogens with two attached hydrogens (primary N) is 1. The van der Waals surface area contributed by atoms with E-state index in [1.165, 1.54) is 0 Å². The van der Waals surface area contributed by atoms with Crippen molar-refractivity contribution in [1.29, 1.82) is 0 Å². The number of aliphatic hydroxyl groups is 1. The van der Waals surface area contributed by atoms with Crippen LogP contribution < -0.4 is 5.73 Å². The minimum atomic E-state index is -1.41. The van der Waals surface area contributed by atoms with E-state index in [9.17, 15) is 9.90 Å². The van der Waals surface area contributed by atoms with Crippen LogP contribution in [-0.2, 0) is 10.3 Å². The van der Waals surface area contributed by atoms with Crippen molar-refractivity contribution >= 4 is 11.8 Å². The molecule has 3 rings (SSSR count). The molecule has 0 aliphatic heterocycles. The van der Waals surface area contributed by atoms with Gasteiger partial charge in [0, 0.05) is 11.2 Å². The summed E-state index contributed by atoms with van der Waals surface area (Å²) in [5.41, 5.74) is 5.94. The second kappa shape index (κ2) is 7.24. The van der Waals surface area contributed by atoms with Gasteiger partial charge in [0.15, 0.2) is 0 Å². The molecular formula is C22H28N2O3. The molecule has 1 atom stereocenters. The van der Waals surface area contributed by atoms with Gasteiger partial charge in [-0.1, -0.05) is 42.5 Å². The summed E-state index contributed by atoms with van der Waals surface area (Å²) in [5, 5.41) is 11.8. The number of β-amino-alcohol motifs (C(OH)–C–C–N with tert-alkyl or cyclic N) is 1. The number of nitrogens with zero attached hydrogens (tertiary/aromatic N) is 1. The van der Waals surface area contributed by atoms with Crippen molar-refractivity contribution in [3.8, 4) is 0 Å². The molecule has 1 saturated carbocycles. The van der Waals surface area contributed by atoms with E-state index < -0.39 is 17.2 Å². The van der Waals surface area contributed by atoms with Crippen molar-refractivity contribution in [3.63, 3.8) is 0 Å². The number of carbonyl (C=O) groups is 1. The number of carbonyl (C=O) groups excluding carboxylic acids is 1. The Labute approximate surface area is 160 Å². The third-order valence-electron chi connectivity index (χ3n) is 4.82. The molecule has 2 aromatic carbocycles. The van der Waals surface area contributed by atoms with Crippen LogP contribution >= 0.6 is 0 Å². The highest BCUT2D eigenvalue weighted by Gasteiger charge is 2.41. The second-order valence-electron chi connectivity index (χ2n) is 8.19. The highest BCUT2D eigenvalue weighted by atomic mass is 16.6. The molecule has 5 nitrogen and oxygen atoms in total. The SMILES string of the molecule is CC(C)(C)N(CC(O)(c1ccccc1)c1cccc(N)c1)C(=O)OC1CC1. The molecular weight excluding hydrogens is 340 g/mol. The zero-order valence-corrected chi connectivity index (χ0v) is 16.2. The molecule has 0 aromatic heterocycles. The van der Waals surface area contributed by atoms with E-state index in [1.54, 1.807) is 17.0 Å². The Morgan fingerprint density at radius 2 is 1.74 bits per heavy atom. The number of rotatable bonds is 5. The van der Waals surface area contributed by atoms with Crippen LogP contribution in [0.2, 0.25) is 0 Å². The topological polar surface area (TPSA) is 75.8 Å². The number of nitrogen functional groups attached to an aromatic ring is 1. The predicted molar refractivity (Wildman–Crippen MR) is 106 cm³/mol. The van der Waals surface area contributed by atoms with Gasteiger partial charge >= 0.3 is 6.09 Å². The van der Waals surface area contributed by atoms with E-state index in [1.807, 2.05) is 63.2 Å². The van der Waals surface area contributed by atoms with Crippen LogP contribution in [0, 0.1) is 0 Å². The minimum Gasteiger partial charge on any atom is -0.446 e. The molecule has 1 fully saturated rings. The Kier molecular flexibility index (Phi) is 5.16. The van der Waals surface area contributed by atoms with Gasteiger partial charge in [-0.05, 0) is 56.9 Å². The highest BCUT2D eigenvalue weighted by molar-refractivity contribution is 5.69. The van der Waals surface area contributed by atoms with E-state index in [2.05, 4.69) is 0 Å². The van der Waals surface area contributed by atoms with Gasteiger partial charge in [0.25, 0.3) is 0 Å². The first-order valence-electron chi connectivity index (χ1n) is 9.32. The van der Waals surface area contributed by atoms with Crippen molar-refractivity contribution < 1.29 is 14.6 Å². The van der Waals surface area contributed by atoms with Gasteiger partial charge < -0.3 is 15.6 Å². The zero-order valence-electron chi connectivity index (χ0n) is 16.2. The van der Waals surface area contributed by atoms with Crippen molar-refractivity contribution in [2.75, 3.05) is 12.3 Å². The van der Waals surface area contributed by atoms with E-state index in [-0.39, 0.29) is 12.6 Å². The standard InChI is InChI=1S/C22H28N2O3/c1-21(2,3)24(20(25)27-19-12-13-19)15-22(26,16-8-5-4-6-9-16)17-10-7-11-18(23)14-17/h4-11,14,19,26H,12-13,15,23H2,1-3H3. The molecule has 1 unspecified atom stereocenters. The molecule has 1 aliphatic carbocycles. The molecule has 27 heavy (non-hydrogen) atoms. The summed E-state index contributed by atoms with van der Waals surface area (Å²) in [5.74, 6) is 0. The molecule has 0 spiro atoms. The smallest absolute Gasteiger partial charge is 0.410 e. The van der Waals surface area contributed by atoms with Gasteiger partial charge in [0.2, 0.25) is 0 Å². The van der Waals surface area contributed by atoms with E-state index in [4.69, 9.17) is 10.5 Å². The van der Waals surface area contributed by atoms with Crippen molar-refractivity contribution in [1.82, 2.24) is 4.90 Å². The quantitative estimate of drug-likeness (QED) is 0.785. The fourth-order valence-electron chi connectivity index (χ4n) is 3.06. The van der Waals surface area contributed by atoms with E-state index in [0.29, 0.717) is 16.8 Å². The average molecular weight is 368 g/mol. The molecule has 1 aliphatic rings. The molecule has 3 N–H and O–H groups in total. The van der Waals surface area contributed by atoms with Crippen molar-refractivity contribution in [3.05, 3.63) is 65.7 Å². The number of hydrogen-bond donors (Lipinski definition) is 2. The van der Waals surface area contributed by atoms with Crippen molar-refractivity contribution in [2.24, 2.45) is 0 Å². The second-order valence-corrected chi connectivity index (χ2v) is 8.19. The molecule has 0 radical (unpaired) electrons. The highest BCUT2D eigenvalue weighted by Crippen LogP contribution is 2.34. The maximum absolute atomic E-state index is 12.8. The lowest BCUT2D eigenvalue weighted by atomic mass is 9.84. The number of anilines is 1. The summed E-state index contributed by atoms with van der Waals surface area (Å²) < 4.78 is 5.54. The molecule has 0 bridgehead atoms. The lowest BCUT2D eigenvalue weighted by Crippen LogP contribution is -2.53. The van der Waals surface area contributed by atoms with Crippen LogP contribution in [-0.4, -0.2) is 34.3 Å². The summed E-state index contributed by atoms with van der Waals surface area (Å²) in [7, 11) is 0. The number of ether oxygens (including phenoxy) is 1. The van der Waals surface area contributed by atoms with Crippen LogP contribution in [0.5, 0.6) is 0 Å². The third-order valence-corrected chi connectivity index (χ3v) is 4.82. The van der Waals surface area contributed by atoms with Crippen LogP contribution in [0.15, 0.2) is 54.6 Å². The fraction of sp³-hybridized carbons (Fsp3) is 0.409. The van der Waals surface area contributed by atoms with Crippen LogP contribution in [0.3, 0.4) is 0 Å². The van der Waals surface area contributed by atoms with Crippen molar-refractivity contribution in [2.45, 2.75) is 50.9 Å². The Balaban J connectivity index is 2.02. The van der Waals surface area contributed by atoms with Crippen LogP contribution in [0.1, 0.15) is 44.7 Å². The fourth-order valence-corrected chi connectivity index (χ4v) is 3.06. The summed E-state index contributed by atoms with van der Waals surface area (Å²) in [6.07, 6.45) is 1.41. The summed E-state index contributed by atoms with van der Waals surface area (Å²) in [6, 6.07) is 16.5. The lowest BCUT2D eigenvalue weighted by Gasteiger charge is -2.41. The minimum absolute atomic E-state index is 0.000428. The predicted octanol–water partition coefficient (Wildman–Crippen LogP) is 3.90. The van der Waals surface area contributed by atoms with E-state index in [0.717, 1.165) is 12.8 Å². The first kappa shape index (κ1) is 19.2. The van der Waals surface area contributed by atoms with Gasteiger partial charge in [-0.15, -0.1) is 0 Å². The zero-order chi connectivity index (χ0) is 19.7. The molecule has 0 saturated heterocycles. The molecule has 0 heterocycles. The largest absolute Gasteiger partial charge is 0.446 e. The first-order chi connectivity index (χ1) is 12.7. The van der Waals surface area contributed by atoms with Gasteiger partial charge in [-0.2, -0.15) is 0 Å². The monoisotopic (exact) mass is 368 g/mol. The molecule has 5 heteroatoms. The van der Waals surface area contributed by atoms with Crippen LogP contribution in [0.25, 0.3) is 0 Å².